The zero-order valence-corrected chi connectivity index (χ0v) is 13.1. The fourth-order valence-electron chi connectivity index (χ4n) is 2.57. The normalized spacial score (nSPS) is 14.6. The Morgan fingerprint density at radius 2 is 2.14 bits per heavy atom. The minimum atomic E-state index is 0.0146. The second-order valence-electron chi connectivity index (χ2n) is 5.91. The number of aromatic amines is 1. The van der Waals surface area contributed by atoms with Crippen LogP contribution in [-0.4, -0.2) is 29.0 Å². The predicted octanol–water partition coefficient (Wildman–Crippen LogP) is 3.86. The second-order valence-corrected chi connectivity index (χ2v) is 6.32. The first kappa shape index (κ1) is 14.3. The number of hydrogen-bond acceptors (Lipinski definition) is 1. The number of hydrogen-bond donors (Lipinski definition) is 2. The van der Waals surface area contributed by atoms with Crippen LogP contribution in [0, 0.1) is 0 Å². The number of nitrogens with zero attached hydrogens (tertiary/aromatic N) is 1. The number of likely N-dealkylation sites (tertiary alicyclic amines) is 1. The third-order valence-electron chi connectivity index (χ3n) is 3.99. The highest BCUT2D eigenvalue weighted by atomic mass is 35.5. The van der Waals surface area contributed by atoms with E-state index in [2.05, 4.69) is 30.2 Å². The number of benzene rings is 1. The molecule has 0 atom stereocenters. The van der Waals surface area contributed by atoms with Crippen molar-refractivity contribution in [3.05, 3.63) is 34.5 Å². The molecule has 2 N–H and O–H groups in total. The molecule has 112 valence electrons. The summed E-state index contributed by atoms with van der Waals surface area (Å²) in [7, 11) is 0. The van der Waals surface area contributed by atoms with Crippen LogP contribution >= 0.6 is 11.6 Å². The Hall–Kier alpha value is -1.68. The Labute approximate surface area is 129 Å². The van der Waals surface area contributed by atoms with Crippen molar-refractivity contribution in [2.45, 2.75) is 32.7 Å². The van der Waals surface area contributed by atoms with Crippen molar-refractivity contribution in [1.82, 2.24) is 15.2 Å². The molecule has 0 saturated carbocycles. The second kappa shape index (κ2) is 5.60. The molecule has 3 rings (SSSR count). The zero-order chi connectivity index (χ0) is 15.0. The number of rotatable bonds is 3. The first-order chi connectivity index (χ1) is 10.0. The van der Waals surface area contributed by atoms with Crippen LogP contribution in [0.5, 0.6) is 0 Å². The fraction of sp³-hybridized carbons (Fsp3) is 0.438. The predicted molar refractivity (Wildman–Crippen MR) is 85.8 cm³/mol. The Morgan fingerprint density at radius 3 is 2.76 bits per heavy atom. The van der Waals surface area contributed by atoms with Crippen LogP contribution in [0.4, 0.5) is 4.79 Å². The quantitative estimate of drug-likeness (QED) is 0.889. The van der Waals surface area contributed by atoms with Gasteiger partial charge in [0.2, 0.25) is 0 Å². The molecule has 5 heteroatoms. The molecule has 0 aliphatic carbocycles. The number of carbonyl (C=O) groups excluding carboxylic acids is 1. The Morgan fingerprint density at radius 1 is 1.38 bits per heavy atom. The van der Waals surface area contributed by atoms with Gasteiger partial charge in [-0.1, -0.05) is 25.4 Å². The van der Waals surface area contributed by atoms with E-state index in [0.717, 1.165) is 46.7 Å². The van der Waals surface area contributed by atoms with Crippen molar-refractivity contribution in [3.63, 3.8) is 0 Å². The Bertz CT molecular complexity index is 673. The van der Waals surface area contributed by atoms with Crippen molar-refractivity contribution in [2.24, 2.45) is 0 Å². The summed E-state index contributed by atoms with van der Waals surface area (Å²) in [6.45, 7) is 6.50. The van der Waals surface area contributed by atoms with Crippen molar-refractivity contribution in [1.29, 1.82) is 0 Å². The lowest BCUT2D eigenvalue weighted by molar-refractivity contribution is 0.167. The van der Waals surface area contributed by atoms with E-state index in [-0.39, 0.29) is 6.03 Å². The van der Waals surface area contributed by atoms with Crippen LogP contribution in [0.15, 0.2) is 18.2 Å². The van der Waals surface area contributed by atoms with E-state index in [1.54, 1.807) is 0 Å². The summed E-state index contributed by atoms with van der Waals surface area (Å²) in [6, 6.07) is 6.15. The van der Waals surface area contributed by atoms with Gasteiger partial charge in [-0.15, -0.1) is 0 Å². The van der Waals surface area contributed by atoms with Gasteiger partial charge in [-0.3, -0.25) is 0 Å². The minimum Gasteiger partial charge on any atom is -0.357 e. The standard InChI is InChI=1S/C16H20ClN3O/c1-10(2)13-8-15-11(7-14(13)17)6-12(19-15)9-18-16(21)20-4-3-5-20/h6-8,10,19H,3-5,9H2,1-2H3,(H,18,21). The minimum absolute atomic E-state index is 0.0146. The lowest BCUT2D eigenvalue weighted by Crippen LogP contribution is -2.47. The SMILES string of the molecule is CC(C)c1cc2[nH]c(CNC(=O)N3CCC3)cc2cc1Cl. The lowest BCUT2D eigenvalue weighted by atomic mass is 10.0. The molecular formula is C16H20ClN3O. The summed E-state index contributed by atoms with van der Waals surface area (Å²) in [5, 5.41) is 4.82. The molecule has 2 amide bonds. The molecule has 2 aromatic rings. The van der Waals surface area contributed by atoms with Crippen molar-refractivity contribution < 1.29 is 4.79 Å². The number of fused-ring (bicyclic) bond motifs is 1. The summed E-state index contributed by atoms with van der Waals surface area (Å²) in [5.74, 6) is 0.389. The van der Waals surface area contributed by atoms with E-state index in [1.807, 2.05) is 17.0 Å². The summed E-state index contributed by atoms with van der Waals surface area (Å²) in [6.07, 6.45) is 1.11. The highest BCUT2D eigenvalue weighted by Gasteiger charge is 2.19. The smallest absolute Gasteiger partial charge is 0.317 e. The Balaban J connectivity index is 1.75. The number of urea groups is 1. The highest BCUT2D eigenvalue weighted by molar-refractivity contribution is 6.32. The summed E-state index contributed by atoms with van der Waals surface area (Å²) in [5.41, 5.74) is 3.20. The molecule has 1 fully saturated rings. The molecular weight excluding hydrogens is 286 g/mol. The maximum atomic E-state index is 11.8. The third-order valence-corrected chi connectivity index (χ3v) is 4.32. The van der Waals surface area contributed by atoms with Crippen LogP contribution in [0.2, 0.25) is 5.02 Å². The van der Waals surface area contributed by atoms with Gasteiger partial charge >= 0.3 is 6.03 Å². The number of aromatic nitrogens is 1. The summed E-state index contributed by atoms with van der Waals surface area (Å²) in [4.78, 5) is 17.0. The van der Waals surface area contributed by atoms with Gasteiger partial charge < -0.3 is 15.2 Å². The largest absolute Gasteiger partial charge is 0.357 e. The van der Waals surface area contributed by atoms with Crippen LogP contribution in [0.3, 0.4) is 0 Å². The van der Waals surface area contributed by atoms with Crippen molar-refractivity contribution in [3.8, 4) is 0 Å². The molecule has 2 heterocycles. The van der Waals surface area contributed by atoms with Crippen LogP contribution in [0.25, 0.3) is 10.9 Å². The molecule has 1 saturated heterocycles. The summed E-state index contributed by atoms with van der Waals surface area (Å²) >= 11 is 6.31. The van der Waals surface area contributed by atoms with Crippen LogP contribution < -0.4 is 5.32 Å². The topological polar surface area (TPSA) is 48.1 Å². The van der Waals surface area contributed by atoms with Gasteiger partial charge in [-0.25, -0.2) is 4.79 Å². The molecule has 1 aromatic heterocycles. The van der Waals surface area contributed by atoms with E-state index in [1.165, 1.54) is 0 Å². The van der Waals surface area contributed by atoms with E-state index in [0.29, 0.717) is 12.5 Å². The molecule has 1 aliphatic rings. The molecule has 1 aromatic carbocycles. The molecule has 0 bridgehead atoms. The molecule has 1 aliphatic heterocycles. The molecule has 0 unspecified atom stereocenters. The van der Waals surface area contributed by atoms with Crippen LogP contribution in [0.1, 0.15) is 37.4 Å². The number of H-pyrrole nitrogens is 1. The number of amides is 2. The van der Waals surface area contributed by atoms with Gasteiger partial charge in [0.15, 0.2) is 0 Å². The van der Waals surface area contributed by atoms with E-state index >= 15 is 0 Å². The first-order valence-electron chi connectivity index (χ1n) is 7.38. The average molecular weight is 306 g/mol. The van der Waals surface area contributed by atoms with Crippen LogP contribution in [-0.2, 0) is 6.54 Å². The van der Waals surface area contributed by atoms with Crippen molar-refractivity contribution >= 4 is 28.5 Å². The van der Waals surface area contributed by atoms with Gasteiger partial charge in [0.25, 0.3) is 0 Å². The average Bonchev–Trinajstić information content (AvgIpc) is 2.74. The fourth-order valence-corrected chi connectivity index (χ4v) is 2.96. The monoisotopic (exact) mass is 305 g/mol. The highest BCUT2D eigenvalue weighted by Crippen LogP contribution is 2.29. The van der Waals surface area contributed by atoms with Gasteiger partial charge in [0, 0.05) is 34.7 Å². The molecule has 21 heavy (non-hydrogen) atoms. The number of halogens is 1. The molecule has 0 radical (unpaired) electrons. The Kier molecular flexibility index (Phi) is 3.81. The van der Waals surface area contributed by atoms with Gasteiger partial charge in [0.05, 0.1) is 6.54 Å². The third kappa shape index (κ3) is 2.86. The van der Waals surface area contributed by atoms with Crippen molar-refractivity contribution in [2.75, 3.05) is 13.1 Å². The first-order valence-corrected chi connectivity index (χ1v) is 7.76. The van der Waals surface area contributed by atoms with Gasteiger partial charge in [0.1, 0.15) is 0 Å². The maximum Gasteiger partial charge on any atom is 0.317 e. The van der Waals surface area contributed by atoms with E-state index in [9.17, 15) is 4.79 Å². The molecule has 0 spiro atoms. The number of carbonyl (C=O) groups is 1. The van der Waals surface area contributed by atoms with E-state index in [4.69, 9.17) is 11.6 Å². The molecule has 4 nitrogen and oxygen atoms in total. The van der Waals surface area contributed by atoms with Gasteiger partial charge in [-0.2, -0.15) is 0 Å². The summed E-state index contributed by atoms with van der Waals surface area (Å²) < 4.78 is 0. The maximum absolute atomic E-state index is 11.8. The zero-order valence-electron chi connectivity index (χ0n) is 12.4. The van der Waals surface area contributed by atoms with Gasteiger partial charge in [-0.05, 0) is 36.1 Å². The number of nitrogens with one attached hydrogen (secondary N) is 2. The van der Waals surface area contributed by atoms with E-state index < -0.39 is 0 Å². The lowest BCUT2D eigenvalue weighted by Gasteiger charge is -2.30.